The number of carbonyl (C=O) groups excluding carboxylic acids is 1. The van der Waals surface area contributed by atoms with Crippen molar-refractivity contribution in [3.63, 3.8) is 0 Å². The van der Waals surface area contributed by atoms with E-state index in [4.69, 9.17) is 9.47 Å². The summed E-state index contributed by atoms with van der Waals surface area (Å²) < 4.78 is 11.4. The normalized spacial score (nSPS) is 29.4. The van der Waals surface area contributed by atoms with Crippen LogP contribution in [0.25, 0.3) is 0 Å². The molecule has 1 saturated heterocycles. The summed E-state index contributed by atoms with van der Waals surface area (Å²) in [5, 5.41) is 63.6. The van der Waals surface area contributed by atoms with E-state index in [1.165, 1.54) is 6.92 Å². The first-order chi connectivity index (χ1) is 15.6. The molecule has 1 aliphatic rings. The van der Waals surface area contributed by atoms with Crippen molar-refractivity contribution < 1.29 is 49.7 Å². The van der Waals surface area contributed by atoms with Gasteiger partial charge in [0.05, 0.1) is 44.2 Å². The van der Waals surface area contributed by atoms with Crippen molar-refractivity contribution in [1.29, 1.82) is 0 Å². The van der Waals surface area contributed by atoms with Gasteiger partial charge in [-0.15, -0.1) is 0 Å². The summed E-state index contributed by atoms with van der Waals surface area (Å²) in [5.41, 5.74) is -0.784. The average Bonchev–Trinajstić information content (AvgIpc) is 2.72. The maximum Gasteiger partial charge on any atom is 0.333 e. The molecule has 0 bridgehead atoms. The number of carboxylic acids is 1. The van der Waals surface area contributed by atoms with Crippen LogP contribution in [0.2, 0.25) is 0 Å². The molecular formula is C23H43NO10. The number of hydrogen-bond donors (Lipinski definition) is 7. The van der Waals surface area contributed by atoms with E-state index in [9.17, 15) is 40.2 Å². The molecule has 1 fully saturated rings. The number of nitrogens with one attached hydrogen (secondary N) is 1. The minimum absolute atomic E-state index is 0.177. The molecule has 9 atom stereocenters. The van der Waals surface area contributed by atoms with Crippen molar-refractivity contribution >= 4 is 11.9 Å². The lowest BCUT2D eigenvalue weighted by Crippen LogP contribution is -2.62. The van der Waals surface area contributed by atoms with Crippen molar-refractivity contribution in [2.24, 2.45) is 23.2 Å². The standard InChI is InChI=1S/C23H43NO10/c1-11(2)7-13-17(24-12(3)26)16(34-15(8-25)18(13)27)10-33-9-14(20(29)22(31)32)19(28)21(30)23(4,5)6/h11,13-21,25,27-30H,7-10H2,1-6H3,(H,24,26)(H,31,32). The topological polar surface area (TPSA) is 186 Å². The number of rotatable bonds is 12. The first-order valence-electron chi connectivity index (χ1n) is 11.7. The molecule has 9 unspecified atom stereocenters. The molecule has 0 aromatic rings. The van der Waals surface area contributed by atoms with Crippen LogP contribution in [-0.4, -0.2) is 105 Å². The van der Waals surface area contributed by atoms with Crippen LogP contribution in [-0.2, 0) is 19.1 Å². The first-order valence-corrected chi connectivity index (χ1v) is 11.7. The third kappa shape index (κ3) is 8.40. The number of amides is 1. The van der Waals surface area contributed by atoms with Crippen LogP contribution < -0.4 is 5.32 Å². The Morgan fingerprint density at radius 1 is 1.12 bits per heavy atom. The van der Waals surface area contributed by atoms with Gasteiger partial charge >= 0.3 is 5.97 Å². The van der Waals surface area contributed by atoms with E-state index in [1.807, 2.05) is 13.8 Å². The van der Waals surface area contributed by atoms with E-state index >= 15 is 0 Å². The van der Waals surface area contributed by atoms with Gasteiger partial charge in [0.2, 0.25) is 5.91 Å². The maximum absolute atomic E-state index is 11.9. The lowest BCUT2D eigenvalue weighted by Gasteiger charge is -2.45. The van der Waals surface area contributed by atoms with Crippen LogP contribution in [0.4, 0.5) is 0 Å². The van der Waals surface area contributed by atoms with Gasteiger partial charge in [-0.05, 0) is 17.8 Å². The highest BCUT2D eigenvalue weighted by atomic mass is 16.6. The highest BCUT2D eigenvalue weighted by molar-refractivity contribution is 5.73. The van der Waals surface area contributed by atoms with Gasteiger partial charge in [-0.1, -0.05) is 34.6 Å². The second-order valence-corrected chi connectivity index (χ2v) is 10.7. The Hall–Kier alpha value is -1.34. The zero-order chi connectivity index (χ0) is 26.4. The van der Waals surface area contributed by atoms with E-state index < -0.39 is 79.1 Å². The van der Waals surface area contributed by atoms with E-state index in [0.29, 0.717) is 6.42 Å². The summed E-state index contributed by atoms with van der Waals surface area (Å²) in [6.07, 6.45) is -7.10. The fourth-order valence-corrected chi connectivity index (χ4v) is 4.34. The second-order valence-electron chi connectivity index (χ2n) is 10.7. The predicted octanol–water partition coefficient (Wildman–Crippen LogP) is -0.880. The smallest absolute Gasteiger partial charge is 0.333 e. The summed E-state index contributed by atoms with van der Waals surface area (Å²) in [6.45, 7) is 9.20. The molecule has 34 heavy (non-hydrogen) atoms. The number of aliphatic hydroxyl groups excluding tert-OH is 5. The number of carboxylic acid groups (broad SMARTS) is 1. The van der Waals surface area contributed by atoms with Crippen molar-refractivity contribution in [2.75, 3.05) is 19.8 Å². The Morgan fingerprint density at radius 2 is 1.71 bits per heavy atom. The van der Waals surface area contributed by atoms with Crippen LogP contribution in [0.1, 0.15) is 48.0 Å². The number of carbonyl (C=O) groups is 2. The quantitative estimate of drug-likeness (QED) is 0.180. The van der Waals surface area contributed by atoms with Gasteiger partial charge in [0.1, 0.15) is 12.2 Å². The van der Waals surface area contributed by atoms with Gasteiger partial charge in [-0.2, -0.15) is 0 Å². The van der Waals surface area contributed by atoms with E-state index in [0.717, 1.165) is 0 Å². The summed E-state index contributed by atoms with van der Waals surface area (Å²) in [6, 6.07) is -0.648. The molecule has 200 valence electrons. The lowest BCUT2D eigenvalue weighted by atomic mass is 9.79. The molecule has 11 heteroatoms. The molecule has 0 aliphatic carbocycles. The molecule has 1 rings (SSSR count). The van der Waals surface area contributed by atoms with Gasteiger partial charge in [0, 0.05) is 18.8 Å². The first kappa shape index (κ1) is 30.7. The van der Waals surface area contributed by atoms with Crippen molar-refractivity contribution in [3.8, 4) is 0 Å². The maximum atomic E-state index is 11.9. The Labute approximate surface area is 201 Å². The van der Waals surface area contributed by atoms with Crippen LogP contribution in [0.5, 0.6) is 0 Å². The molecule has 7 N–H and O–H groups in total. The van der Waals surface area contributed by atoms with E-state index in [2.05, 4.69) is 5.32 Å². The molecule has 0 radical (unpaired) electrons. The minimum Gasteiger partial charge on any atom is -0.479 e. The zero-order valence-corrected chi connectivity index (χ0v) is 20.9. The van der Waals surface area contributed by atoms with E-state index in [1.54, 1.807) is 20.8 Å². The number of aliphatic carboxylic acids is 1. The van der Waals surface area contributed by atoms with Crippen molar-refractivity contribution in [2.45, 2.75) is 90.6 Å². The summed E-state index contributed by atoms with van der Waals surface area (Å²) in [4.78, 5) is 23.2. The van der Waals surface area contributed by atoms with Crippen molar-refractivity contribution in [1.82, 2.24) is 5.32 Å². The number of aliphatic hydroxyl groups is 5. The Morgan fingerprint density at radius 3 is 2.15 bits per heavy atom. The highest BCUT2D eigenvalue weighted by Gasteiger charge is 2.46. The summed E-state index contributed by atoms with van der Waals surface area (Å²) >= 11 is 0. The minimum atomic E-state index is -1.99. The molecule has 0 aromatic carbocycles. The molecule has 1 amide bonds. The Balaban J connectivity index is 3.06. The van der Waals surface area contributed by atoms with Crippen LogP contribution >= 0.6 is 0 Å². The lowest BCUT2D eigenvalue weighted by molar-refractivity contribution is -0.195. The van der Waals surface area contributed by atoms with Gasteiger partial charge in [-0.25, -0.2) is 4.79 Å². The second kappa shape index (κ2) is 13.1. The highest BCUT2D eigenvalue weighted by Crippen LogP contribution is 2.32. The third-order valence-corrected chi connectivity index (χ3v) is 6.22. The van der Waals surface area contributed by atoms with Crippen LogP contribution in [0.3, 0.4) is 0 Å². The molecule has 0 saturated carbocycles. The SMILES string of the molecule is CC(=O)NC1C(COCC(C(O)C(=O)O)C(O)C(O)C(C)(C)C)OC(CO)C(O)C1CC(C)C. The van der Waals surface area contributed by atoms with Crippen LogP contribution in [0, 0.1) is 23.2 Å². The van der Waals surface area contributed by atoms with Crippen LogP contribution in [0.15, 0.2) is 0 Å². The molecular weight excluding hydrogens is 450 g/mol. The summed E-state index contributed by atoms with van der Waals surface area (Å²) in [5.74, 6) is -3.51. The zero-order valence-electron chi connectivity index (χ0n) is 20.9. The Kier molecular flexibility index (Phi) is 11.8. The molecule has 1 heterocycles. The van der Waals surface area contributed by atoms with Gasteiger partial charge < -0.3 is 45.4 Å². The molecule has 1 aliphatic heterocycles. The third-order valence-electron chi connectivity index (χ3n) is 6.22. The summed E-state index contributed by atoms with van der Waals surface area (Å²) in [7, 11) is 0. The predicted molar refractivity (Wildman–Crippen MR) is 122 cm³/mol. The largest absolute Gasteiger partial charge is 0.479 e. The fourth-order valence-electron chi connectivity index (χ4n) is 4.34. The van der Waals surface area contributed by atoms with Crippen molar-refractivity contribution in [3.05, 3.63) is 0 Å². The van der Waals surface area contributed by atoms with Gasteiger partial charge in [0.15, 0.2) is 6.10 Å². The van der Waals surface area contributed by atoms with Gasteiger partial charge in [0.25, 0.3) is 0 Å². The van der Waals surface area contributed by atoms with Gasteiger partial charge in [-0.3, -0.25) is 4.79 Å². The fraction of sp³-hybridized carbons (Fsp3) is 0.913. The average molecular weight is 494 g/mol. The molecule has 11 nitrogen and oxygen atoms in total. The monoisotopic (exact) mass is 493 g/mol. The molecule has 0 aromatic heterocycles. The molecule has 0 spiro atoms. The number of ether oxygens (including phenoxy) is 2. The Bertz CT molecular complexity index is 652. The number of hydrogen-bond acceptors (Lipinski definition) is 9. The van der Waals surface area contributed by atoms with E-state index in [-0.39, 0.29) is 18.4 Å².